The van der Waals surface area contributed by atoms with Gasteiger partial charge in [0, 0.05) is 13.0 Å². The molecule has 0 unspecified atom stereocenters. The minimum absolute atomic E-state index is 0.349. The zero-order chi connectivity index (χ0) is 9.94. The van der Waals surface area contributed by atoms with E-state index in [1.807, 2.05) is 0 Å². The smallest absolute Gasteiger partial charge is 0.0793 e. The summed E-state index contributed by atoms with van der Waals surface area (Å²) >= 11 is 0. The Morgan fingerprint density at radius 2 is 1.31 bits per heavy atom. The fourth-order valence-corrected chi connectivity index (χ4v) is 1.56. The Kier molecular flexibility index (Phi) is 9.94. The molecule has 0 aromatic heterocycles. The molecule has 0 aromatic carbocycles. The van der Waals surface area contributed by atoms with Crippen molar-refractivity contribution in [1.82, 2.24) is 0 Å². The van der Waals surface area contributed by atoms with Gasteiger partial charge in [-0.3, -0.25) is 0 Å². The summed E-state index contributed by atoms with van der Waals surface area (Å²) in [4.78, 5) is 1.68. The van der Waals surface area contributed by atoms with Gasteiger partial charge < -0.3 is 10.0 Å². The van der Waals surface area contributed by atoms with Crippen LogP contribution in [0.3, 0.4) is 0 Å². The van der Waals surface area contributed by atoms with E-state index in [4.69, 9.17) is 5.11 Å². The van der Waals surface area contributed by atoms with Crippen molar-refractivity contribution in [3.8, 4) is 0 Å². The average molecular weight is 188 g/mol. The van der Waals surface area contributed by atoms with Gasteiger partial charge in [-0.1, -0.05) is 26.7 Å². The molecule has 0 spiro atoms. The number of aliphatic hydroxyl groups is 1. The van der Waals surface area contributed by atoms with Gasteiger partial charge in [0.2, 0.25) is 0 Å². The molecule has 0 bridgehead atoms. The van der Waals surface area contributed by atoms with E-state index in [2.05, 4.69) is 13.8 Å². The van der Waals surface area contributed by atoms with E-state index in [1.54, 1.807) is 4.90 Å². The van der Waals surface area contributed by atoms with Crippen LogP contribution in [-0.4, -0.2) is 31.3 Å². The Bertz CT molecular complexity index is 77.1. The van der Waals surface area contributed by atoms with Crippen LogP contribution in [0, 0.1) is 0 Å². The Morgan fingerprint density at radius 3 is 1.69 bits per heavy atom. The van der Waals surface area contributed by atoms with Crippen LogP contribution in [0.15, 0.2) is 0 Å². The molecule has 0 aliphatic heterocycles. The molecule has 2 N–H and O–H groups in total. The van der Waals surface area contributed by atoms with Crippen molar-refractivity contribution in [1.29, 1.82) is 0 Å². The van der Waals surface area contributed by atoms with E-state index >= 15 is 0 Å². The molecule has 0 atom stereocenters. The van der Waals surface area contributed by atoms with Crippen LogP contribution in [0.5, 0.6) is 0 Å². The van der Waals surface area contributed by atoms with Crippen molar-refractivity contribution in [3.63, 3.8) is 0 Å². The van der Waals surface area contributed by atoms with E-state index in [0.717, 1.165) is 13.0 Å². The fraction of sp³-hybridized carbons (Fsp3) is 1.00. The number of quaternary nitrogens is 1. The molecule has 0 radical (unpaired) electrons. The summed E-state index contributed by atoms with van der Waals surface area (Å²) in [6.45, 7) is 8.55. The first-order valence-corrected chi connectivity index (χ1v) is 5.79. The van der Waals surface area contributed by atoms with Crippen LogP contribution in [0.4, 0.5) is 0 Å². The number of hydrogen-bond donors (Lipinski definition) is 2. The number of nitrogens with one attached hydrogen (secondary N) is 1. The van der Waals surface area contributed by atoms with Gasteiger partial charge >= 0.3 is 0 Å². The topological polar surface area (TPSA) is 24.7 Å². The molecular weight excluding hydrogens is 162 g/mol. The lowest BCUT2D eigenvalue weighted by atomic mass is 10.2. The molecule has 0 fully saturated rings. The molecule has 0 aliphatic rings. The van der Waals surface area contributed by atoms with Crippen molar-refractivity contribution in [3.05, 3.63) is 0 Å². The Morgan fingerprint density at radius 1 is 0.846 bits per heavy atom. The minimum Gasteiger partial charge on any atom is -0.396 e. The normalized spacial score (nSPS) is 11.1. The van der Waals surface area contributed by atoms with Crippen molar-refractivity contribution in [2.24, 2.45) is 0 Å². The first-order valence-electron chi connectivity index (χ1n) is 5.79. The second kappa shape index (κ2) is 10.0. The van der Waals surface area contributed by atoms with Gasteiger partial charge in [-0.25, -0.2) is 0 Å². The summed E-state index contributed by atoms with van der Waals surface area (Å²) in [6, 6.07) is 0. The van der Waals surface area contributed by atoms with Crippen LogP contribution < -0.4 is 4.90 Å². The predicted octanol–water partition coefficient (Wildman–Crippen LogP) is 0.854. The first kappa shape index (κ1) is 12.9. The highest BCUT2D eigenvalue weighted by atomic mass is 16.3. The lowest BCUT2D eigenvalue weighted by molar-refractivity contribution is -0.900. The number of rotatable bonds is 9. The van der Waals surface area contributed by atoms with Crippen molar-refractivity contribution in [2.75, 3.05) is 26.2 Å². The van der Waals surface area contributed by atoms with E-state index < -0.39 is 0 Å². The zero-order valence-electron chi connectivity index (χ0n) is 9.31. The van der Waals surface area contributed by atoms with Gasteiger partial charge in [-0.05, 0) is 12.8 Å². The molecule has 13 heavy (non-hydrogen) atoms. The minimum atomic E-state index is 0.349. The van der Waals surface area contributed by atoms with Gasteiger partial charge in [0.25, 0.3) is 0 Å². The molecule has 0 heterocycles. The highest BCUT2D eigenvalue weighted by Crippen LogP contribution is 1.83. The number of aliphatic hydroxyl groups excluding tert-OH is 1. The molecule has 2 heteroatoms. The van der Waals surface area contributed by atoms with Gasteiger partial charge in [0.1, 0.15) is 0 Å². The quantitative estimate of drug-likeness (QED) is 0.551. The second-order valence-corrected chi connectivity index (χ2v) is 3.78. The van der Waals surface area contributed by atoms with Gasteiger partial charge in [0.05, 0.1) is 19.6 Å². The molecular formula is C11H26NO+. The van der Waals surface area contributed by atoms with Crippen molar-refractivity contribution >= 4 is 0 Å². The molecule has 2 nitrogen and oxygen atoms in total. The van der Waals surface area contributed by atoms with Gasteiger partial charge in [-0.15, -0.1) is 0 Å². The van der Waals surface area contributed by atoms with Crippen molar-refractivity contribution in [2.45, 2.75) is 46.0 Å². The van der Waals surface area contributed by atoms with Crippen LogP contribution in [0.25, 0.3) is 0 Å². The highest BCUT2D eigenvalue weighted by molar-refractivity contribution is 4.36. The SMILES string of the molecule is CCCC[NH+](CCCC)CCCO. The Hall–Kier alpha value is -0.0800. The third-order valence-electron chi connectivity index (χ3n) is 2.46. The van der Waals surface area contributed by atoms with Crippen LogP contribution in [0.1, 0.15) is 46.0 Å². The molecule has 0 saturated carbocycles. The maximum atomic E-state index is 8.75. The number of unbranched alkanes of at least 4 members (excludes halogenated alkanes) is 2. The summed E-state index contributed by atoms with van der Waals surface area (Å²) in [6.07, 6.45) is 6.18. The maximum absolute atomic E-state index is 8.75. The molecule has 0 amide bonds. The highest BCUT2D eigenvalue weighted by Gasteiger charge is 2.05. The van der Waals surface area contributed by atoms with Gasteiger partial charge in [-0.2, -0.15) is 0 Å². The maximum Gasteiger partial charge on any atom is 0.0793 e. The molecule has 0 rings (SSSR count). The lowest BCUT2D eigenvalue weighted by Gasteiger charge is -2.18. The standard InChI is InChI=1S/C11H25NO/c1-3-5-8-12(9-6-4-2)10-7-11-13/h13H,3-11H2,1-2H3/p+1. The first-order chi connectivity index (χ1) is 6.35. The largest absolute Gasteiger partial charge is 0.396 e. The summed E-state index contributed by atoms with van der Waals surface area (Å²) in [7, 11) is 0. The average Bonchev–Trinajstić information content (AvgIpc) is 2.17. The molecule has 0 aromatic rings. The summed E-state index contributed by atoms with van der Waals surface area (Å²) in [5.74, 6) is 0. The second-order valence-electron chi connectivity index (χ2n) is 3.78. The zero-order valence-corrected chi connectivity index (χ0v) is 9.31. The fourth-order valence-electron chi connectivity index (χ4n) is 1.56. The monoisotopic (exact) mass is 188 g/mol. The van der Waals surface area contributed by atoms with E-state index in [-0.39, 0.29) is 0 Å². The van der Waals surface area contributed by atoms with Crippen LogP contribution >= 0.6 is 0 Å². The summed E-state index contributed by atoms with van der Waals surface area (Å²) in [5.41, 5.74) is 0. The van der Waals surface area contributed by atoms with Crippen molar-refractivity contribution < 1.29 is 10.0 Å². The van der Waals surface area contributed by atoms with E-state index in [9.17, 15) is 0 Å². The lowest BCUT2D eigenvalue weighted by Crippen LogP contribution is -3.12. The van der Waals surface area contributed by atoms with E-state index in [1.165, 1.54) is 38.8 Å². The van der Waals surface area contributed by atoms with Gasteiger partial charge in [0.15, 0.2) is 0 Å². The summed E-state index contributed by atoms with van der Waals surface area (Å²) in [5, 5.41) is 8.75. The summed E-state index contributed by atoms with van der Waals surface area (Å²) < 4.78 is 0. The molecule has 80 valence electrons. The molecule has 0 aliphatic carbocycles. The molecule has 0 saturated heterocycles. The third kappa shape index (κ3) is 8.26. The van der Waals surface area contributed by atoms with Crippen LogP contribution in [-0.2, 0) is 0 Å². The predicted molar refractivity (Wildman–Crippen MR) is 57.1 cm³/mol. The number of hydrogen-bond acceptors (Lipinski definition) is 1. The third-order valence-corrected chi connectivity index (χ3v) is 2.46. The van der Waals surface area contributed by atoms with E-state index in [0.29, 0.717) is 6.61 Å². The Balaban J connectivity index is 3.47. The Labute approximate surface area is 82.9 Å². The van der Waals surface area contributed by atoms with Crippen LogP contribution in [0.2, 0.25) is 0 Å².